The molecule has 5 nitrogen and oxygen atoms in total. The van der Waals surface area contributed by atoms with E-state index in [0.29, 0.717) is 29.5 Å². The van der Waals surface area contributed by atoms with Crippen molar-refractivity contribution in [1.82, 2.24) is 4.90 Å². The van der Waals surface area contributed by atoms with Gasteiger partial charge in [0.1, 0.15) is 0 Å². The van der Waals surface area contributed by atoms with Gasteiger partial charge in [0.25, 0.3) is 0 Å². The summed E-state index contributed by atoms with van der Waals surface area (Å²) in [6.45, 7) is 3.27. The molecule has 0 atom stereocenters. The number of urea groups is 1. The molecule has 1 aliphatic carbocycles. The first kappa shape index (κ1) is 14.2. The Balaban J connectivity index is 1.77. The van der Waals surface area contributed by atoms with Crippen LogP contribution in [0.3, 0.4) is 0 Å². The molecular weight excluding hydrogens is 290 g/mol. The van der Waals surface area contributed by atoms with E-state index in [1.807, 2.05) is 6.92 Å². The first-order chi connectivity index (χ1) is 9.90. The van der Waals surface area contributed by atoms with Gasteiger partial charge in [-0.3, -0.25) is 9.69 Å². The molecule has 0 spiro atoms. The predicted octanol–water partition coefficient (Wildman–Crippen LogP) is 2.95. The van der Waals surface area contributed by atoms with Gasteiger partial charge in [-0.1, -0.05) is 18.5 Å². The normalized spacial score (nSPS) is 19.9. The number of carbonyl (C=O) groups is 2. The standard InChI is InChI=1S/C15H18ClN3O2/c1-15(5-6-15)13(20)17-10-3-4-12(11(16)9-10)19-8-7-18(2)14(19)21/h3-4,9H,5-8H2,1-2H3,(H,17,20). The second-order valence-electron chi connectivity index (χ2n) is 6.04. The Bertz CT molecular complexity index is 613. The lowest BCUT2D eigenvalue weighted by atomic mass is 10.1. The summed E-state index contributed by atoms with van der Waals surface area (Å²) in [5, 5.41) is 3.36. The van der Waals surface area contributed by atoms with E-state index < -0.39 is 0 Å². The maximum atomic E-state index is 12.0. The average molecular weight is 308 g/mol. The summed E-state index contributed by atoms with van der Waals surface area (Å²) in [5.41, 5.74) is 1.13. The summed E-state index contributed by atoms with van der Waals surface area (Å²) >= 11 is 6.27. The minimum atomic E-state index is -0.223. The molecule has 0 aromatic heterocycles. The maximum absolute atomic E-state index is 12.0. The van der Waals surface area contributed by atoms with Gasteiger partial charge in [0.2, 0.25) is 5.91 Å². The van der Waals surface area contributed by atoms with Crippen LogP contribution in [0.2, 0.25) is 5.02 Å². The number of nitrogens with one attached hydrogen (secondary N) is 1. The van der Waals surface area contributed by atoms with E-state index in [1.165, 1.54) is 0 Å². The Kier molecular flexibility index (Phi) is 3.32. The van der Waals surface area contributed by atoms with Gasteiger partial charge in [0.15, 0.2) is 0 Å². The summed E-state index contributed by atoms with van der Waals surface area (Å²) in [6, 6.07) is 5.21. The molecule has 0 unspecified atom stereocenters. The van der Waals surface area contributed by atoms with Gasteiger partial charge < -0.3 is 10.2 Å². The lowest BCUT2D eigenvalue weighted by Crippen LogP contribution is -2.29. The first-order valence-electron chi connectivity index (χ1n) is 7.04. The van der Waals surface area contributed by atoms with Crippen molar-refractivity contribution in [1.29, 1.82) is 0 Å². The van der Waals surface area contributed by atoms with E-state index in [-0.39, 0.29) is 17.4 Å². The van der Waals surface area contributed by atoms with Crippen molar-refractivity contribution in [2.24, 2.45) is 5.41 Å². The van der Waals surface area contributed by atoms with Crippen LogP contribution in [0.5, 0.6) is 0 Å². The highest BCUT2D eigenvalue weighted by Gasteiger charge is 2.44. The second-order valence-corrected chi connectivity index (χ2v) is 6.44. The summed E-state index contributed by atoms with van der Waals surface area (Å²) in [4.78, 5) is 27.3. The smallest absolute Gasteiger partial charge is 0.324 e. The minimum Gasteiger partial charge on any atom is -0.326 e. The van der Waals surface area contributed by atoms with E-state index in [1.54, 1.807) is 35.0 Å². The molecule has 3 amide bonds. The lowest BCUT2D eigenvalue weighted by molar-refractivity contribution is -0.120. The van der Waals surface area contributed by atoms with Gasteiger partial charge in [0, 0.05) is 31.2 Å². The van der Waals surface area contributed by atoms with Crippen LogP contribution < -0.4 is 10.2 Å². The van der Waals surface area contributed by atoms with Crippen molar-refractivity contribution in [2.75, 3.05) is 30.4 Å². The fourth-order valence-electron chi connectivity index (χ4n) is 2.37. The Morgan fingerprint density at radius 3 is 2.57 bits per heavy atom. The Labute approximate surface area is 128 Å². The topological polar surface area (TPSA) is 52.6 Å². The zero-order chi connectivity index (χ0) is 15.2. The average Bonchev–Trinajstić information content (AvgIpc) is 3.11. The number of nitrogens with zero attached hydrogens (tertiary/aromatic N) is 2. The summed E-state index contributed by atoms with van der Waals surface area (Å²) in [7, 11) is 1.77. The molecule has 1 saturated carbocycles. The monoisotopic (exact) mass is 307 g/mol. The molecule has 0 radical (unpaired) electrons. The number of hydrogen-bond acceptors (Lipinski definition) is 2. The van der Waals surface area contributed by atoms with Crippen LogP contribution >= 0.6 is 11.6 Å². The first-order valence-corrected chi connectivity index (χ1v) is 7.42. The molecule has 2 aliphatic rings. The Hall–Kier alpha value is -1.75. The van der Waals surface area contributed by atoms with Crippen molar-refractivity contribution in [3.63, 3.8) is 0 Å². The van der Waals surface area contributed by atoms with Gasteiger partial charge in [-0.15, -0.1) is 0 Å². The maximum Gasteiger partial charge on any atom is 0.324 e. The molecule has 6 heteroatoms. The van der Waals surface area contributed by atoms with Crippen molar-refractivity contribution in [3.8, 4) is 0 Å². The van der Waals surface area contributed by atoms with E-state index in [2.05, 4.69) is 5.32 Å². The number of rotatable bonds is 3. The van der Waals surface area contributed by atoms with Crippen molar-refractivity contribution in [2.45, 2.75) is 19.8 Å². The molecule has 2 fully saturated rings. The van der Waals surface area contributed by atoms with E-state index in [0.717, 1.165) is 12.8 Å². The van der Waals surface area contributed by atoms with Gasteiger partial charge in [-0.05, 0) is 31.0 Å². The van der Waals surface area contributed by atoms with Crippen molar-refractivity contribution >= 4 is 34.9 Å². The van der Waals surface area contributed by atoms with Crippen LogP contribution in [0.1, 0.15) is 19.8 Å². The molecule has 1 aliphatic heterocycles. The third-order valence-electron chi connectivity index (χ3n) is 4.26. The zero-order valence-electron chi connectivity index (χ0n) is 12.1. The largest absolute Gasteiger partial charge is 0.326 e. The number of likely N-dealkylation sites (N-methyl/N-ethyl adjacent to an activating group) is 1. The van der Waals surface area contributed by atoms with Gasteiger partial charge in [-0.2, -0.15) is 0 Å². The Morgan fingerprint density at radius 2 is 2.05 bits per heavy atom. The van der Waals surface area contributed by atoms with Crippen LogP contribution in [-0.2, 0) is 4.79 Å². The zero-order valence-corrected chi connectivity index (χ0v) is 12.9. The van der Waals surface area contributed by atoms with Crippen LogP contribution in [0, 0.1) is 5.41 Å². The van der Waals surface area contributed by atoms with E-state index in [9.17, 15) is 9.59 Å². The molecule has 21 heavy (non-hydrogen) atoms. The fourth-order valence-corrected chi connectivity index (χ4v) is 2.65. The highest BCUT2D eigenvalue weighted by molar-refractivity contribution is 6.34. The number of halogens is 1. The molecular formula is C15H18ClN3O2. The molecule has 3 rings (SSSR count). The number of carbonyl (C=O) groups excluding carboxylic acids is 2. The summed E-state index contributed by atoms with van der Waals surface area (Å²) in [5.74, 6) is 0.0308. The predicted molar refractivity (Wildman–Crippen MR) is 82.8 cm³/mol. The Morgan fingerprint density at radius 1 is 1.33 bits per heavy atom. The molecule has 1 aromatic carbocycles. The van der Waals surface area contributed by atoms with Gasteiger partial charge >= 0.3 is 6.03 Å². The number of anilines is 2. The fraction of sp³-hybridized carbons (Fsp3) is 0.467. The van der Waals surface area contributed by atoms with Crippen molar-refractivity contribution in [3.05, 3.63) is 23.2 Å². The third kappa shape index (κ3) is 2.58. The quantitative estimate of drug-likeness (QED) is 0.933. The highest BCUT2D eigenvalue weighted by atomic mass is 35.5. The van der Waals surface area contributed by atoms with Gasteiger partial charge in [-0.25, -0.2) is 4.79 Å². The van der Waals surface area contributed by atoms with E-state index in [4.69, 9.17) is 11.6 Å². The molecule has 1 heterocycles. The SMILES string of the molecule is CN1CCN(c2ccc(NC(=O)C3(C)CC3)cc2Cl)C1=O. The molecule has 112 valence electrons. The van der Waals surface area contributed by atoms with Crippen LogP contribution in [0.25, 0.3) is 0 Å². The lowest BCUT2D eigenvalue weighted by Gasteiger charge is -2.18. The third-order valence-corrected chi connectivity index (χ3v) is 4.56. The summed E-state index contributed by atoms with van der Waals surface area (Å²) < 4.78 is 0. The van der Waals surface area contributed by atoms with Crippen LogP contribution in [-0.4, -0.2) is 37.0 Å². The molecule has 1 aromatic rings. The minimum absolute atomic E-state index is 0.0308. The molecule has 1 saturated heterocycles. The van der Waals surface area contributed by atoms with Gasteiger partial charge in [0.05, 0.1) is 10.7 Å². The van der Waals surface area contributed by atoms with Crippen molar-refractivity contribution < 1.29 is 9.59 Å². The second kappa shape index (κ2) is 4.91. The number of amides is 3. The number of benzene rings is 1. The van der Waals surface area contributed by atoms with Crippen LogP contribution in [0.15, 0.2) is 18.2 Å². The van der Waals surface area contributed by atoms with Crippen LogP contribution in [0.4, 0.5) is 16.2 Å². The highest BCUT2D eigenvalue weighted by Crippen LogP contribution is 2.46. The molecule has 1 N–H and O–H groups in total. The van der Waals surface area contributed by atoms with E-state index >= 15 is 0 Å². The summed E-state index contributed by atoms with van der Waals surface area (Å²) in [6.07, 6.45) is 1.86. The molecule has 0 bridgehead atoms. The number of hydrogen-bond donors (Lipinski definition) is 1.